The lowest BCUT2D eigenvalue weighted by Gasteiger charge is -2.27. The van der Waals surface area contributed by atoms with Gasteiger partial charge in [0.25, 0.3) is 10.0 Å². The first-order valence-electron chi connectivity index (χ1n) is 8.58. The maximum Gasteiger partial charge on any atom is 0.264 e. The fourth-order valence-electron chi connectivity index (χ4n) is 2.64. The van der Waals surface area contributed by atoms with Gasteiger partial charge in [-0.3, -0.25) is 9.10 Å². The van der Waals surface area contributed by atoms with Crippen molar-refractivity contribution in [1.82, 2.24) is 5.32 Å². The molecular weight excluding hydrogens is 364 g/mol. The molecule has 6 nitrogen and oxygen atoms in total. The number of carbonyl (C=O) groups is 1. The molecule has 1 amide bonds. The van der Waals surface area contributed by atoms with E-state index in [9.17, 15) is 13.2 Å². The van der Waals surface area contributed by atoms with Gasteiger partial charge < -0.3 is 10.1 Å². The van der Waals surface area contributed by atoms with Gasteiger partial charge in [0.15, 0.2) is 0 Å². The van der Waals surface area contributed by atoms with Crippen molar-refractivity contribution in [3.05, 3.63) is 54.1 Å². The lowest BCUT2D eigenvalue weighted by molar-refractivity contribution is -0.121. The number of rotatable bonds is 6. The van der Waals surface area contributed by atoms with Crippen LogP contribution in [0.3, 0.4) is 0 Å². The molecule has 0 fully saturated rings. The van der Waals surface area contributed by atoms with Crippen LogP contribution in [-0.4, -0.2) is 33.5 Å². The smallest absolute Gasteiger partial charge is 0.264 e. The molecule has 0 aromatic heterocycles. The molecule has 2 aromatic rings. The van der Waals surface area contributed by atoms with E-state index in [1.807, 2.05) is 20.8 Å². The Labute approximate surface area is 161 Å². The van der Waals surface area contributed by atoms with Gasteiger partial charge in [0, 0.05) is 5.54 Å². The standard InChI is InChI=1S/C20H26N2O4S/c1-15-13-17(11-12-18(15)26-5)27(24,25)22(16-9-7-6-8-10-16)14-19(23)21-20(2,3)4/h6-13H,14H2,1-5H3,(H,21,23). The number of amides is 1. The molecule has 0 bridgehead atoms. The Morgan fingerprint density at radius 2 is 1.74 bits per heavy atom. The molecule has 0 unspecified atom stereocenters. The summed E-state index contributed by atoms with van der Waals surface area (Å²) >= 11 is 0. The number of nitrogens with one attached hydrogen (secondary N) is 1. The first kappa shape index (κ1) is 20.8. The van der Waals surface area contributed by atoms with Gasteiger partial charge in [-0.25, -0.2) is 8.42 Å². The molecule has 0 aliphatic heterocycles. The van der Waals surface area contributed by atoms with Crippen molar-refractivity contribution in [2.75, 3.05) is 18.0 Å². The van der Waals surface area contributed by atoms with E-state index in [1.54, 1.807) is 49.4 Å². The Morgan fingerprint density at radius 3 is 2.26 bits per heavy atom. The average Bonchev–Trinajstić information content (AvgIpc) is 2.58. The zero-order valence-electron chi connectivity index (χ0n) is 16.3. The summed E-state index contributed by atoms with van der Waals surface area (Å²) in [4.78, 5) is 12.6. The molecule has 0 heterocycles. The topological polar surface area (TPSA) is 75.7 Å². The van der Waals surface area contributed by atoms with E-state index >= 15 is 0 Å². The third kappa shape index (κ3) is 5.23. The molecule has 2 aromatic carbocycles. The van der Waals surface area contributed by atoms with Gasteiger partial charge in [-0.05, 0) is 63.6 Å². The van der Waals surface area contributed by atoms with Crippen LogP contribution < -0.4 is 14.4 Å². The highest BCUT2D eigenvalue weighted by atomic mass is 32.2. The van der Waals surface area contributed by atoms with Crippen LogP contribution in [0.4, 0.5) is 5.69 Å². The van der Waals surface area contributed by atoms with Crippen LogP contribution in [0.1, 0.15) is 26.3 Å². The summed E-state index contributed by atoms with van der Waals surface area (Å²) in [6.45, 7) is 7.00. The Kier molecular flexibility index (Phi) is 6.15. The molecule has 0 spiro atoms. The predicted molar refractivity (Wildman–Crippen MR) is 107 cm³/mol. The van der Waals surface area contributed by atoms with Crippen molar-refractivity contribution in [3.63, 3.8) is 0 Å². The molecule has 0 aliphatic carbocycles. The number of hydrogen-bond donors (Lipinski definition) is 1. The normalized spacial score (nSPS) is 11.7. The number of carbonyl (C=O) groups excluding carboxylic acids is 1. The summed E-state index contributed by atoms with van der Waals surface area (Å²) in [5, 5.41) is 2.81. The molecule has 0 radical (unpaired) electrons. The SMILES string of the molecule is COc1ccc(S(=O)(=O)N(CC(=O)NC(C)(C)C)c2ccccc2)cc1C. The van der Waals surface area contributed by atoms with E-state index in [4.69, 9.17) is 4.74 Å². The number of hydrogen-bond acceptors (Lipinski definition) is 4. The number of aryl methyl sites for hydroxylation is 1. The summed E-state index contributed by atoms with van der Waals surface area (Å²) in [5.74, 6) is 0.228. The Bertz CT molecular complexity index is 903. The van der Waals surface area contributed by atoms with Gasteiger partial charge in [0.2, 0.25) is 5.91 Å². The summed E-state index contributed by atoms with van der Waals surface area (Å²) in [5.41, 5.74) is 0.667. The van der Waals surface area contributed by atoms with Gasteiger partial charge in [-0.15, -0.1) is 0 Å². The van der Waals surface area contributed by atoms with Crippen LogP contribution in [0.5, 0.6) is 5.75 Å². The molecule has 146 valence electrons. The zero-order valence-corrected chi connectivity index (χ0v) is 17.1. The molecule has 2 rings (SSSR count). The second kappa shape index (κ2) is 8.00. The van der Waals surface area contributed by atoms with Gasteiger partial charge in [0.05, 0.1) is 17.7 Å². The lowest BCUT2D eigenvalue weighted by atomic mass is 10.1. The van der Waals surface area contributed by atoms with E-state index in [-0.39, 0.29) is 17.3 Å². The fraction of sp³-hybridized carbons (Fsp3) is 0.350. The van der Waals surface area contributed by atoms with Gasteiger partial charge in [0.1, 0.15) is 12.3 Å². The van der Waals surface area contributed by atoms with Crippen molar-refractivity contribution in [1.29, 1.82) is 0 Å². The van der Waals surface area contributed by atoms with Gasteiger partial charge in [-0.1, -0.05) is 18.2 Å². The molecule has 27 heavy (non-hydrogen) atoms. The van der Waals surface area contributed by atoms with Crippen LogP contribution >= 0.6 is 0 Å². The minimum Gasteiger partial charge on any atom is -0.496 e. The van der Waals surface area contributed by atoms with Crippen LogP contribution in [-0.2, 0) is 14.8 Å². The number of methoxy groups -OCH3 is 1. The van der Waals surface area contributed by atoms with Crippen molar-refractivity contribution in [3.8, 4) is 5.75 Å². The zero-order chi connectivity index (χ0) is 20.2. The monoisotopic (exact) mass is 390 g/mol. The maximum absolute atomic E-state index is 13.3. The van der Waals surface area contributed by atoms with Crippen molar-refractivity contribution < 1.29 is 17.9 Å². The fourth-order valence-corrected chi connectivity index (χ4v) is 4.14. The summed E-state index contributed by atoms with van der Waals surface area (Å²) < 4.78 is 32.9. The number of anilines is 1. The van der Waals surface area contributed by atoms with Crippen LogP contribution in [0, 0.1) is 6.92 Å². The highest BCUT2D eigenvalue weighted by Crippen LogP contribution is 2.27. The maximum atomic E-state index is 13.3. The van der Waals surface area contributed by atoms with Crippen molar-refractivity contribution in [2.24, 2.45) is 0 Å². The molecule has 0 saturated carbocycles. The summed E-state index contributed by atoms with van der Waals surface area (Å²) in [6, 6.07) is 13.2. The van der Waals surface area contributed by atoms with E-state index in [1.165, 1.54) is 13.2 Å². The number of ether oxygens (including phenoxy) is 1. The average molecular weight is 391 g/mol. The molecule has 7 heteroatoms. The van der Waals surface area contributed by atoms with Crippen molar-refractivity contribution >= 4 is 21.6 Å². The van der Waals surface area contributed by atoms with E-state index in [0.717, 1.165) is 4.31 Å². The van der Waals surface area contributed by atoms with E-state index in [0.29, 0.717) is 17.0 Å². The predicted octanol–water partition coefficient (Wildman–Crippen LogP) is 3.11. The Morgan fingerprint density at radius 1 is 1.11 bits per heavy atom. The molecule has 1 N–H and O–H groups in total. The third-order valence-corrected chi connectivity index (χ3v) is 5.57. The second-order valence-corrected chi connectivity index (χ2v) is 9.14. The van der Waals surface area contributed by atoms with E-state index in [2.05, 4.69) is 5.32 Å². The first-order chi connectivity index (χ1) is 12.5. The minimum absolute atomic E-state index is 0.105. The molecule has 0 atom stereocenters. The van der Waals surface area contributed by atoms with Crippen LogP contribution in [0.25, 0.3) is 0 Å². The van der Waals surface area contributed by atoms with Gasteiger partial charge in [-0.2, -0.15) is 0 Å². The Balaban J connectivity index is 2.46. The highest BCUT2D eigenvalue weighted by Gasteiger charge is 2.28. The molecule has 0 aliphatic rings. The lowest BCUT2D eigenvalue weighted by Crippen LogP contribution is -2.47. The van der Waals surface area contributed by atoms with Gasteiger partial charge >= 0.3 is 0 Å². The quantitative estimate of drug-likeness (QED) is 0.822. The number of nitrogens with zero attached hydrogens (tertiary/aromatic N) is 1. The number of para-hydroxylation sites is 1. The summed E-state index contributed by atoms with van der Waals surface area (Å²) in [7, 11) is -2.40. The number of sulfonamides is 1. The van der Waals surface area contributed by atoms with Crippen LogP contribution in [0.2, 0.25) is 0 Å². The largest absolute Gasteiger partial charge is 0.496 e. The third-order valence-electron chi connectivity index (χ3n) is 3.80. The molecule has 0 saturated heterocycles. The highest BCUT2D eigenvalue weighted by molar-refractivity contribution is 7.92. The number of benzene rings is 2. The minimum atomic E-state index is -3.94. The second-order valence-electron chi connectivity index (χ2n) is 7.28. The van der Waals surface area contributed by atoms with E-state index < -0.39 is 15.6 Å². The Hall–Kier alpha value is -2.54. The first-order valence-corrected chi connectivity index (χ1v) is 10.0. The van der Waals surface area contributed by atoms with Crippen LogP contribution in [0.15, 0.2) is 53.4 Å². The summed E-state index contributed by atoms with van der Waals surface area (Å²) in [6.07, 6.45) is 0. The van der Waals surface area contributed by atoms with Crippen molar-refractivity contribution in [2.45, 2.75) is 38.1 Å². The molecular formula is C20H26N2O4S.